The maximum Gasteiger partial charge on any atom is 0.144 e. The van der Waals surface area contributed by atoms with Gasteiger partial charge in [0.1, 0.15) is 11.2 Å². The predicted octanol–water partition coefficient (Wildman–Crippen LogP) is 6.55. The van der Waals surface area contributed by atoms with Crippen molar-refractivity contribution in [3.8, 4) is 11.3 Å². The van der Waals surface area contributed by atoms with E-state index in [-0.39, 0.29) is 11.1 Å². The molecule has 0 aliphatic carbocycles. The number of para-hydroxylation sites is 2. The van der Waals surface area contributed by atoms with Crippen LogP contribution in [0.3, 0.4) is 0 Å². The largest absolute Gasteiger partial charge is 0.455 e. The van der Waals surface area contributed by atoms with Crippen LogP contribution in [-0.2, 0) is 6.37 Å². The number of aromatic nitrogens is 1. The monoisotopic (exact) mass is 334 g/mol. The number of pyridine rings is 1. The van der Waals surface area contributed by atoms with Crippen LogP contribution in [0.25, 0.3) is 33.2 Å². The van der Waals surface area contributed by atoms with E-state index in [1.807, 2.05) is 42.5 Å². The van der Waals surface area contributed by atoms with Crippen molar-refractivity contribution in [2.75, 3.05) is 0 Å². The number of fused-ring (bicyclic) bond motifs is 3. The zero-order valence-electron chi connectivity index (χ0n) is 19.6. The molecule has 0 atom stereocenters. The lowest BCUT2D eigenvalue weighted by atomic mass is 9.86. The Labute approximate surface area is 155 Å². The van der Waals surface area contributed by atoms with Gasteiger partial charge in [-0.25, -0.2) is 0 Å². The van der Waals surface area contributed by atoms with Crippen LogP contribution in [-0.4, -0.2) is 4.98 Å². The third-order valence-corrected chi connectivity index (χ3v) is 4.09. The van der Waals surface area contributed by atoms with E-state index in [0.717, 1.165) is 16.4 Å². The highest BCUT2D eigenvalue weighted by Gasteiger charge is 2.16. The molecule has 0 saturated carbocycles. The lowest BCUT2D eigenvalue weighted by molar-refractivity contribution is 0.410. The van der Waals surface area contributed by atoms with Gasteiger partial charge in [0, 0.05) is 29.4 Å². The minimum absolute atomic E-state index is 0.0667. The van der Waals surface area contributed by atoms with Crippen LogP contribution in [0.1, 0.15) is 38.8 Å². The van der Waals surface area contributed by atoms with Crippen molar-refractivity contribution in [2.24, 2.45) is 5.41 Å². The number of hydrogen-bond acceptors (Lipinski definition) is 2. The van der Waals surface area contributed by atoms with Gasteiger partial charge in [-0.05, 0) is 48.0 Å². The van der Waals surface area contributed by atoms with Crippen molar-refractivity contribution in [2.45, 2.75) is 34.0 Å². The first kappa shape index (κ1) is 11.1. The van der Waals surface area contributed by atoms with Crippen LogP contribution in [0, 0.1) is 12.3 Å². The molecule has 2 aromatic carbocycles. The number of benzene rings is 2. The fourth-order valence-corrected chi connectivity index (χ4v) is 3.06. The molecule has 4 rings (SSSR count). The molecule has 0 amide bonds. The van der Waals surface area contributed by atoms with E-state index < -0.39 is 18.6 Å². The highest BCUT2D eigenvalue weighted by molar-refractivity contribution is 6.09. The summed E-state index contributed by atoms with van der Waals surface area (Å²) in [5.41, 5.74) is 1.84. The minimum atomic E-state index is -2.47. The van der Waals surface area contributed by atoms with E-state index in [9.17, 15) is 0 Å². The quantitative estimate of drug-likeness (QED) is 0.415. The summed E-state index contributed by atoms with van der Waals surface area (Å²) in [5.74, 6) is 0. The predicted molar refractivity (Wildman–Crippen MR) is 105 cm³/mol. The second-order valence-electron chi connectivity index (χ2n) is 7.27. The third-order valence-electron chi connectivity index (χ3n) is 4.09. The van der Waals surface area contributed by atoms with Gasteiger partial charge in [0.15, 0.2) is 0 Å². The van der Waals surface area contributed by atoms with Gasteiger partial charge in [-0.3, -0.25) is 4.98 Å². The van der Waals surface area contributed by atoms with Gasteiger partial charge in [0.2, 0.25) is 0 Å². The molecule has 0 aliphatic heterocycles. The maximum absolute atomic E-state index is 8.71. The first-order valence-electron chi connectivity index (χ1n) is 10.8. The SMILES string of the molecule is [2H]C([2H])([2H])c1cnc(-c2cccc3c2oc2ccccc23)cc1C([2H])([2H])C(C)(C)C. The Morgan fingerprint density at radius 2 is 1.88 bits per heavy atom. The van der Waals surface area contributed by atoms with Crippen molar-refractivity contribution in [3.63, 3.8) is 0 Å². The normalized spacial score (nSPS) is 16.2. The summed E-state index contributed by atoms with van der Waals surface area (Å²) < 4.78 is 47.2. The molecule has 0 bridgehead atoms. The zero-order valence-corrected chi connectivity index (χ0v) is 14.6. The fraction of sp³-hybridized carbons (Fsp3) is 0.261. The summed E-state index contributed by atoms with van der Waals surface area (Å²) in [6, 6.07) is 15.0. The summed E-state index contributed by atoms with van der Waals surface area (Å²) in [6.07, 6.45) is -0.598. The number of furan rings is 1. The number of rotatable bonds is 2. The van der Waals surface area contributed by atoms with Crippen molar-refractivity contribution in [1.82, 2.24) is 4.98 Å². The van der Waals surface area contributed by atoms with Crippen LogP contribution in [0.4, 0.5) is 0 Å². The average molecular weight is 334 g/mol. The molecule has 0 radical (unpaired) electrons. The van der Waals surface area contributed by atoms with Crippen molar-refractivity contribution in [1.29, 1.82) is 0 Å². The first-order valence-corrected chi connectivity index (χ1v) is 8.33. The van der Waals surface area contributed by atoms with Gasteiger partial charge in [-0.1, -0.05) is 51.1 Å². The van der Waals surface area contributed by atoms with Crippen molar-refractivity contribution < 1.29 is 11.3 Å². The van der Waals surface area contributed by atoms with Gasteiger partial charge in [-0.2, -0.15) is 0 Å². The van der Waals surface area contributed by atoms with Crippen LogP contribution >= 0.6 is 0 Å². The van der Waals surface area contributed by atoms with Gasteiger partial charge >= 0.3 is 0 Å². The Bertz CT molecular complexity index is 1250. The number of nitrogens with zero attached hydrogens (tertiary/aromatic N) is 1. The second kappa shape index (κ2) is 5.73. The third kappa shape index (κ3) is 2.93. The molecule has 2 aromatic heterocycles. The summed E-state index contributed by atoms with van der Waals surface area (Å²) >= 11 is 0. The molecular weight excluding hydrogens is 306 g/mol. The van der Waals surface area contributed by atoms with E-state index in [1.54, 1.807) is 26.8 Å². The average Bonchev–Trinajstić information content (AvgIpc) is 3.04. The highest BCUT2D eigenvalue weighted by Crippen LogP contribution is 2.35. The lowest BCUT2D eigenvalue weighted by Crippen LogP contribution is -2.10. The van der Waals surface area contributed by atoms with Gasteiger partial charge in [0.25, 0.3) is 0 Å². The molecule has 0 spiro atoms. The van der Waals surface area contributed by atoms with Crippen LogP contribution in [0.15, 0.2) is 59.1 Å². The molecule has 2 nitrogen and oxygen atoms in total. The van der Waals surface area contributed by atoms with Gasteiger partial charge in [0.05, 0.1) is 5.69 Å². The van der Waals surface area contributed by atoms with Gasteiger partial charge in [-0.15, -0.1) is 0 Å². The molecule has 0 saturated heterocycles. The van der Waals surface area contributed by atoms with E-state index in [2.05, 4.69) is 4.98 Å². The minimum Gasteiger partial charge on any atom is -0.455 e. The van der Waals surface area contributed by atoms with Crippen molar-refractivity contribution >= 4 is 21.9 Å². The zero-order chi connectivity index (χ0) is 21.9. The van der Waals surface area contributed by atoms with E-state index >= 15 is 0 Å². The molecule has 0 fully saturated rings. The topological polar surface area (TPSA) is 26.0 Å². The molecule has 0 N–H and O–H groups in total. The number of hydrogen-bond donors (Lipinski definition) is 0. The fourth-order valence-electron chi connectivity index (χ4n) is 3.06. The van der Waals surface area contributed by atoms with Crippen LogP contribution < -0.4 is 0 Å². The molecule has 2 heterocycles. The number of aryl methyl sites for hydroxylation is 1. The Balaban J connectivity index is 2.00. The Morgan fingerprint density at radius 1 is 1.08 bits per heavy atom. The Kier molecular flexibility index (Phi) is 2.54. The van der Waals surface area contributed by atoms with Crippen LogP contribution in [0.2, 0.25) is 0 Å². The smallest absolute Gasteiger partial charge is 0.144 e. The Hall–Kier alpha value is -2.61. The molecule has 25 heavy (non-hydrogen) atoms. The second-order valence-corrected chi connectivity index (χ2v) is 7.27. The molecule has 4 aromatic rings. The van der Waals surface area contributed by atoms with E-state index in [0.29, 0.717) is 16.8 Å². The summed E-state index contributed by atoms with van der Waals surface area (Å²) in [6.45, 7) is 2.81. The summed E-state index contributed by atoms with van der Waals surface area (Å²) in [4.78, 5) is 4.41. The Morgan fingerprint density at radius 3 is 2.68 bits per heavy atom. The molecule has 2 heteroatoms. The van der Waals surface area contributed by atoms with Gasteiger partial charge < -0.3 is 4.42 Å². The van der Waals surface area contributed by atoms with Crippen molar-refractivity contribution in [3.05, 3.63) is 65.9 Å². The molecular formula is C23H23NO. The molecule has 0 unspecified atom stereocenters. The highest BCUT2D eigenvalue weighted by atomic mass is 16.3. The first-order chi connectivity index (χ1) is 13.9. The maximum atomic E-state index is 8.71. The van der Waals surface area contributed by atoms with E-state index in [1.165, 1.54) is 6.20 Å². The lowest BCUT2D eigenvalue weighted by Gasteiger charge is -2.20. The summed E-state index contributed by atoms with van der Waals surface area (Å²) in [7, 11) is 0. The van der Waals surface area contributed by atoms with Crippen LogP contribution in [0.5, 0.6) is 0 Å². The molecule has 126 valence electrons. The van der Waals surface area contributed by atoms with E-state index in [4.69, 9.17) is 11.3 Å². The summed E-state index contributed by atoms with van der Waals surface area (Å²) in [5, 5.41) is 1.92. The standard InChI is InChI=1S/C23H23NO/c1-15-14-24-20(12-16(15)13-23(2,3)4)19-10-7-9-18-17-8-5-6-11-21(17)25-22(18)19/h5-12,14H,13H2,1-4H3/i1D3,13D2. The molecule has 0 aliphatic rings.